The van der Waals surface area contributed by atoms with Crippen molar-refractivity contribution in [3.8, 4) is 0 Å². The molecule has 1 unspecified atom stereocenters. The van der Waals surface area contributed by atoms with Gasteiger partial charge in [0.15, 0.2) is 0 Å². The molecule has 134 valence electrons. The summed E-state index contributed by atoms with van der Waals surface area (Å²) >= 11 is 0. The van der Waals surface area contributed by atoms with Crippen LogP contribution in [0.5, 0.6) is 0 Å². The van der Waals surface area contributed by atoms with Crippen molar-refractivity contribution in [2.75, 3.05) is 20.3 Å². The number of allylic oxidation sites excluding steroid dienone is 1. The van der Waals surface area contributed by atoms with Gasteiger partial charge in [0.05, 0.1) is 19.8 Å². The Morgan fingerprint density at radius 3 is 3.08 bits per heavy atom. The number of hydrogen-bond acceptors (Lipinski definition) is 7. The normalized spacial score (nSPS) is 28.0. The van der Waals surface area contributed by atoms with E-state index in [2.05, 4.69) is 21.7 Å². The second-order valence-electron chi connectivity index (χ2n) is 5.52. The maximum Gasteiger partial charge on any atom is 0.327 e. The Balaban J connectivity index is 1.79. The van der Waals surface area contributed by atoms with Gasteiger partial charge < -0.3 is 24.2 Å². The van der Waals surface area contributed by atoms with Crippen molar-refractivity contribution in [3.05, 3.63) is 24.6 Å². The maximum atomic E-state index is 12.0. The van der Waals surface area contributed by atoms with Gasteiger partial charge >= 0.3 is 12.0 Å². The van der Waals surface area contributed by atoms with Crippen molar-refractivity contribution >= 4 is 20.5 Å². The van der Waals surface area contributed by atoms with Crippen LogP contribution < -0.4 is 10.4 Å². The van der Waals surface area contributed by atoms with Crippen LogP contribution >= 0.6 is 8.53 Å². The predicted octanol–water partition coefficient (Wildman–Crippen LogP) is 0.788. The van der Waals surface area contributed by atoms with Crippen LogP contribution in [0.4, 0.5) is 4.79 Å². The zero-order valence-corrected chi connectivity index (χ0v) is 14.5. The van der Waals surface area contributed by atoms with Gasteiger partial charge in [-0.1, -0.05) is 13.5 Å². The Hall–Kier alpha value is -1.51. The average Bonchev–Trinajstić information content (AvgIpc) is 2.91. The number of amides is 2. The molecule has 0 aromatic carbocycles. The lowest BCUT2D eigenvalue weighted by molar-refractivity contribution is -0.139. The molecule has 10 heteroatoms. The highest BCUT2D eigenvalue weighted by Gasteiger charge is 2.38. The first kappa shape index (κ1) is 18.8. The molecular formula is C14H22N3O6P. The Morgan fingerprint density at radius 2 is 2.42 bits per heavy atom. The second kappa shape index (κ2) is 8.55. The average molecular weight is 359 g/mol. The van der Waals surface area contributed by atoms with E-state index < -0.39 is 20.7 Å². The fraction of sp³-hybridized carbons (Fsp3) is 0.571. The smallest absolute Gasteiger partial charge is 0.327 e. The molecule has 9 nitrogen and oxygen atoms in total. The van der Waals surface area contributed by atoms with Gasteiger partial charge in [-0.25, -0.2) is 9.88 Å². The lowest BCUT2D eigenvalue weighted by Crippen LogP contribution is -2.46. The highest BCUT2D eigenvalue weighted by atomic mass is 31.2. The van der Waals surface area contributed by atoms with Crippen molar-refractivity contribution < 1.29 is 28.5 Å². The monoisotopic (exact) mass is 359 g/mol. The van der Waals surface area contributed by atoms with Gasteiger partial charge in [0.2, 0.25) is 0 Å². The molecule has 0 aliphatic carbocycles. The van der Waals surface area contributed by atoms with Crippen LogP contribution in [0.25, 0.3) is 0 Å². The van der Waals surface area contributed by atoms with Crippen LogP contribution in [-0.2, 0) is 18.8 Å². The molecule has 0 saturated carbocycles. The van der Waals surface area contributed by atoms with E-state index in [4.69, 9.17) is 9.26 Å². The number of carbonyl (C=O) groups is 2. The predicted molar refractivity (Wildman–Crippen MR) is 86.2 cm³/mol. The first-order valence-corrected chi connectivity index (χ1v) is 8.66. The number of nitrogens with zero attached hydrogens (tertiary/aromatic N) is 1. The molecular weight excluding hydrogens is 337 g/mol. The molecule has 0 spiro atoms. The third kappa shape index (κ3) is 4.99. The molecule has 0 aromatic heterocycles. The van der Waals surface area contributed by atoms with Crippen LogP contribution in [0.3, 0.4) is 0 Å². The minimum absolute atomic E-state index is 0.105. The Morgan fingerprint density at radius 1 is 1.67 bits per heavy atom. The zero-order chi connectivity index (χ0) is 17.7. The number of methoxy groups -OCH3 is 1. The first-order chi connectivity index (χ1) is 11.4. The van der Waals surface area contributed by atoms with E-state index in [1.807, 2.05) is 6.92 Å². The van der Waals surface area contributed by atoms with E-state index in [-0.39, 0.29) is 31.2 Å². The van der Waals surface area contributed by atoms with Gasteiger partial charge in [-0.3, -0.25) is 9.69 Å². The molecule has 0 radical (unpaired) electrons. The standard InChI is InChI=1S/C14H22N3O6P/c1-9-6-11(8-22-24(20)15-7-12(18)21-3)23-13(9)17-5-4-10(2)16-14(17)19/h4-5,9,11,13,15,20H,2,6-8H2,1,3H3,(H,16,19)/t9-,11-,13+,24?/m0/s1. The summed E-state index contributed by atoms with van der Waals surface area (Å²) < 4.78 is 15.6. The summed E-state index contributed by atoms with van der Waals surface area (Å²) in [6.45, 7) is 5.67. The molecule has 3 N–H and O–H groups in total. The number of rotatable bonds is 7. The van der Waals surface area contributed by atoms with Crippen LogP contribution in [0.2, 0.25) is 0 Å². The Bertz CT molecular complexity index is 529. The van der Waals surface area contributed by atoms with Crippen molar-refractivity contribution in [2.24, 2.45) is 5.92 Å². The molecule has 2 aliphatic heterocycles. The van der Waals surface area contributed by atoms with Gasteiger partial charge in [-0.2, -0.15) is 0 Å². The molecule has 2 heterocycles. The minimum atomic E-state index is -1.94. The number of esters is 1. The van der Waals surface area contributed by atoms with Crippen LogP contribution in [0.15, 0.2) is 24.6 Å². The van der Waals surface area contributed by atoms with Crippen molar-refractivity contribution in [2.45, 2.75) is 25.7 Å². The molecule has 1 saturated heterocycles. The lowest BCUT2D eigenvalue weighted by Gasteiger charge is -2.30. The van der Waals surface area contributed by atoms with Crippen molar-refractivity contribution in [1.82, 2.24) is 15.3 Å². The van der Waals surface area contributed by atoms with Crippen LogP contribution in [-0.4, -0.2) is 54.4 Å². The van der Waals surface area contributed by atoms with E-state index in [1.165, 1.54) is 12.0 Å². The fourth-order valence-electron chi connectivity index (χ4n) is 2.45. The third-order valence-electron chi connectivity index (χ3n) is 3.63. The van der Waals surface area contributed by atoms with Gasteiger partial charge in [-0.15, -0.1) is 0 Å². The summed E-state index contributed by atoms with van der Waals surface area (Å²) in [6.07, 6.45) is 3.36. The van der Waals surface area contributed by atoms with E-state index in [1.54, 1.807) is 12.3 Å². The summed E-state index contributed by atoms with van der Waals surface area (Å²) in [5, 5.41) is 5.16. The molecule has 1 fully saturated rings. The van der Waals surface area contributed by atoms with Gasteiger partial charge in [0, 0.05) is 17.8 Å². The molecule has 24 heavy (non-hydrogen) atoms. The van der Waals surface area contributed by atoms with E-state index in [0.29, 0.717) is 12.1 Å². The second-order valence-corrected chi connectivity index (χ2v) is 6.64. The van der Waals surface area contributed by atoms with E-state index in [9.17, 15) is 14.5 Å². The van der Waals surface area contributed by atoms with Gasteiger partial charge in [0.1, 0.15) is 12.8 Å². The van der Waals surface area contributed by atoms with Crippen LogP contribution in [0.1, 0.15) is 13.3 Å². The SMILES string of the molecule is C=C1C=CN([C@@H]2O[C@H](COP(O)NCC(=O)OC)C[C@@H]2C)C(=O)N1. The minimum Gasteiger partial charge on any atom is -0.468 e. The summed E-state index contributed by atoms with van der Waals surface area (Å²) in [4.78, 5) is 34.1. The number of urea groups is 1. The fourth-order valence-corrected chi connectivity index (χ4v) is 3.11. The molecule has 2 amide bonds. The van der Waals surface area contributed by atoms with Crippen molar-refractivity contribution in [3.63, 3.8) is 0 Å². The lowest BCUT2D eigenvalue weighted by atomic mass is 10.1. The van der Waals surface area contributed by atoms with Gasteiger partial charge in [-0.05, 0) is 12.5 Å². The highest BCUT2D eigenvalue weighted by Crippen LogP contribution is 2.33. The van der Waals surface area contributed by atoms with Crippen molar-refractivity contribution in [1.29, 1.82) is 0 Å². The quantitative estimate of drug-likeness (QED) is 0.455. The number of hydrogen-bond donors (Lipinski definition) is 3. The number of carbonyl (C=O) groups excluding carboxylic acids is 2. The zero-order valence-electron chi connectivity index (χ0n) is 13.6. The number of nitrogens with one attached hydrogen (secondary N) is 2. The van der Waals surface area contributed by atoms with E-state index >= 15 is 0 Å². The van der Waals surface area contributed by atoms with Crippen LogP contribution in [0, 0.1) is 5.92 Å². The molecule has 0 aromatic rings. The Kier molecular flexibility index (Phi) is 6.70. The largest absolute Gasteiger partial charge is 0.468 e. The summed E-state index contributed by atoms with van der Waals surface area (Å²) in [6, 6.07) is -0.287. The highest BCUT2D eigenvalue weighted by molar-refractivity contribution is 7.43. The molecule has 2 rings (SSSR count). The summed E-state index contributed by atoms with van der Waals surface area (Å²) in [5.74, 6) is -0.385. The third-order valence-corrected chi connectivity index (χ3v) is 4.46. The van der Waals surface area contributed by atoms with E-state index in [0.717, 1.165) is 0 Å². The topological polar surface area (TPSA) is 109 Å². The molecule has 2 aliphatic rings. The molecule has 4 atom stereocenters. The first-order valence-electron chi connectivity index (χ1n) is 7.44. The summed E-state index contributed by atoms with van der Waals surface area (Å²) in [5.41, 5.74) is 0.532. The van der Waals surface area contributed by atoms with Gasteiger partial charge in [0.25, 0.3) is 8.53 Å². The molecule has 0 bridgehead atoms. The number of ether oxygens (including phenoxy) is 2. The maximum absolute atomic E-state index is 12.0. The Labute approximate surface area is 141 Å². The summed E-state index contributed by atoms with van der Waals surface area (Å²) in [7, 11) is -0.679.